The lowest BCUT2D eigenvalue weighted by atomic mass is 10.1. The summed E-state index contributed by atoms with van der Waals surface area (Å²) >= 11 is 6.11. The smallest absolute Gasteiger partial charge is 0.258 e. The quantitative estimate of drug-likeness (QED) is 0.233. The van der Waals surface area contributed by atoms with Crippen molar-refractivity contribution in [2.45, 2.75) is 13.3 Å². The molecular formula is C27H27ClN4O3. The summed E-state index contributed by atoms with van der Waals surface area (Å²) in [5.74, 6) is 1.04. The molecule has 0 saturated heterocycles. The Morgan fingerprint density at radius 1 is 1.03 bits per heavy atom. The molecule has 1 amide bonds. The van der Waals surface area contributed by atoms with Crippen LogP contribution < -0.4 is 20.1 Å². The van der Waals surface area contributed by atoms with Gasteiger partial charge in [0, 0.05) is 46.0 Å². The van der Waals surface area contributed by atoms with Crippen LogP contribution in [0.2, 0.25) is 5.02 Å². The van der Waals surface area contributed by atoms with Crippen LogP contribution in [0.3, 0.4) is 0 Å². The number of methoxy groups -OCH3 is 2. The van der Waals surface area contributed by atoms with Crippen molar-refractivity contribution in [1.82, 2.24) is 10.3 Å². The van der Waals surface area contributed by atoms with Gasteiger partial charge < -0.3 is 19.8 Å². The first-order valence-electron chi connectivity index (χ1n) is 11.1. The third kappa shape index (κ3) is 5.94. The van der Waals surface area contributed by atoms with Gasteiger partial charge in [0.1, 0.15) is 11.5 Å². The van der Waals surface area contributed by atoms with Crippen LogP contribution in [0.25, 0.3) is 10.9 Å². The highest BCUT2D eigenvalue weighted by Crippen LogP contribution is 2.23. The maximum Gasteiger partial charge on any atom is 0.258 e. The van der Waals surface area contributed by atoms with Crippen LogP contribution in [0, 0.1) is 6.92 Å². The van der Waals surface area contributed by atoms with Crippen molar-refractivity contribution in [1.29, 1.82) is 0 Å². The summed E-state index contributed by atoms with van der Waals surface area (Å²) in [5.41, 5.74) is 4.36. The third-order valence-corrected chi connectivity index (χ3v) is 5.85. The maximum atomic E-state index is 13.1. The molecule has 0 spiro atoms. The topological polar surface area (TPSA) is 87.7 Å². The van der Waals surface area contributed by atoms with Crippen LogP contribution in [0.1, 0.15) is 21.5 Å². The van der Waals surface area contributed by atoms with Crippen molar-refractivity contribution in [2.24, 2.45) is 4.99 Å². The number of hydrogen-bond acceptors (Lipinski definition) is 4. The number of anilines is 1. The van der Waals surface area contributed by atoms with Crippen LogP contribution in [0.4, 0.5) is 5.69 Å². The summed E-state index contributed by atoms with van der Waals surface area (Å²) in [6.07, 6.45) is 2.70. The van der Waals surface area contributed by atoms with Crippen molar-refractivity contribution in [3.63, 3.8) is 0 Å². The van der Waals surface area contributed by atoms with Crippen molar-refractivity contribution in [3.05, 3.63) is 88.6 Å². The predicted molar refractivity (Wildman–Crippen MR) is 141 cm³/mol. The molecule has 0 aliphatic heterocycles. The highest BCUT2D eigenvalue weighted by atomic mass is 35.5. The van der Waals surface area contributed by atoms with E-state index in [1.54, 1.807) is 38.5 Å². The lowest BCUT2D eigenvalue weighted by Gasteiger charge is -2.15. The van der Waals surface area contributed by atoms with E-state index in [0.717, 1.165) is 22.3 Å². The van der Waals surface area contributed by atoms with Gasteiger partial charge in [0.25, 0.3) is 5.91 Å². The first-order chi connectivity index (χ1) is 17.0. The standard InChI is InChI=1S/C27H27ClN4O3/c1-17-12-20(28)8-9-24(17)31-27(29-11-10-18-16-30-25-7-5-4-6-23(18)25)32-26(33)19-13-21(34-2)15-22(14-19)35-3/h4-9,12-16,30H,10-11H2,1-3H3,(H2,29,31,32,33). The minimum absolute atomic E-state index is 0.335. The van der Waals surface area contributed by atoms with Crippen LogP contribution in [0.15, 0.2) is 71.9 Å². The summed E-state index contributed by atoms with van der Waals surface area (Å²) < 4.78 is 10.6. The molecule has 35 heavy (non-hydrogen) atoms. The Morgan fingerprint density at radius 2 is 1.77 bits per heavy atom. The Balaban J connectivity index is 1.57. The number of nitrogens with one attached hydrogen (secondary N) is 3. The molecule has 7 nitrogen and oxygen atoms in total. The number of aromatic nitrogens is 1. The number of aromatic amines is 1. The fraction of sp³-hybridized carbons (Fsp3) is 0.185. The molecule has 3 aromatic carbocycles. The summed E-state index contributed by atoms with van der Waals surface area (Å²) in [7, 11) is 3.08. The highest BCUT2D eigenvalue weighted by molar-refractivity contribution is 6.30. The van der Waals surface area contributed by atoms with E-state index in [9.17, 15) is 4.79 Å². The maximum absolute atomic E-state index is 13.1. The number of nitrogens with zero attached hydrogens (tertiary/aromatic N) is 1. The van der Waals surface area contributed by atoms with Crippen molar-refractivity contribution >= 4 is 40.1 Å². The zero-order valence-electron chi connectivity index (χ0n) is 19.8. The number of guanidine groups is 1. The lowest BCUT2D eigenvalue weighted by molar-refractivity contribution is 0.0976. The van der Waals surface area contributed by atoms with Crippen molar-refractivity contribution < 1.29 is 14.3 Å². The molecule has 3 N–H and O–H groups in total. The number of benzene rings is 3. The number of aryl methyl sites for hydroxylation is 1. The fourth-order valence-electron chi connectivity index (χ4n) is 3.75. The Kier molecular flexibility index (Phi) is 7.57. The van der Waals surface area contributed by atoms with E-state index in [1.165, 1.54) is 5.39 Å². The number of ether oxygens (including phenoxy) is 2. The summed E-state index contributed by atoms with van der Waals surface area (Å²) in [5, 5.41) is 7.93. The molecule has 0 bridgehead atoms. The van der Waals surface area contributed by atoms with Gasteiger partial charge in [-0.15, -0.1) is 0 Å². The van der Waals surface area contributed by atoms with Gasteiger partial charge in [0.2, 0.25) is 5.96 Å². The average molecular weight is 491 g/mol. The predicted octanol–water partition coefficient (Wildman–Crippen LogP) is 5.59. The molecular weight excluding hydrogens is 464 g/mol. The van der Waals surface area contributed by atoms with Crippen LogP contribution in [0.5, 0.6) is 11.5 Å². The molecule has 0 saturated carbocycles. The Hall–Kier alpha value is -3.97. The monoisotopic (exact) mass is 490 g/mol. The van der Waals surface area contributed by atoms with Crippen LogP contribution in [-0.2, 0) is 6.42 Å². The molecule has 0 aliphatic rings. The minimum Gasteiger partial charge on any atom is -0.497 e. The number of para-hydroxylation sites is 1. The van der Waals surface area contributed by atoms with Gasteiger partial charge in [-0.3, -0.25) is 15.1 Å². The Labute approximate surface area is 209 Å². The number of rotatable bonds is 7. The molecule has 1 heterocycles. The second kappa shape index (κ2) is 11.0. The largest absolute Gasteiger partial charge is 0.497 e. The normalized spacial score (nSPS) is 11.4. The number of H-pyrrole nitrogens is 1. The van der Waals surface area contributed by atoms with Gasteiger partial charge in [-0.05, 0) is 60.9 Å². The van der Waals surface area contributed by atoms with E-state index in [1.807, 2.05) is 43.5 Å². The van der Waals surface area contributed by atoms with Crippen molar-refractivity contribution in [3.8, 4) is 11.5 Å². The number of halogens is 1. The number of aliphatic imine (C=N–C) groups is 1. The second-order valence-corrected chi connectivity index (χ2v) is 8.42. The number of carbonyl (C=O) groups excluding carboxylic acids is 1. The summed E-state index contributed by atoms with van der Waals surface area (Å²) in [4.78, 5) is 21.1. The SMILES string of the molecule is COc1cc(OC)cc(C(=O)NC(=NCCc2c[nH]c3ccccc23)Nc2ccc(Cl)cc2C)c1. The van der Waals surface area contributed by atoms with E-state index >= 15 is 0 Å². The number of carbonyl (C=O) groups is 1. The van der Waals surface area contributed by atoms with Crippen molar-refractivity contribution in [2.75, 3.05) is 26.1 Å². The van der Waals surface area contributed by atoms with E-state index < -0.39 is 0 Å². The molecule has 4 rings (SSSR count). The lowest BCUT2D eigenvalue weighted by Crippen LogP contribution is -2.36. The van der Waals surface area contributed by atoms with E-state index in [-0.39, 0.29) is 5.91 Å². The first-order valence-corrected chi connectivity index (χ1v) is 11.5. The molecule has 1 aromatic heterocycles. The summed E-state index contributed by atoms with van der Waals surface area (Å²) in [6.45, 7) is 2.41. The number of fused-ring (bicyclic) bond motifs is 1. The molecule has 0 atom stereocenters. The van der Waals surface area contributed by atoms with E-state index in [2.05, 4.69) is 26.7 Å². The molecule has 8 heteroatoms. The zero-order chi connectivity index (χ0) is 24.8. The Bertz CT molecular complexity index is 1360. The molecule has 180 valence electrons. The molecule has 0 fully saturated rings. The molecule has 0 radical (unpaired) electrons. The zero-order valence-corrected chi connectivity index (χ0v) is 20.6. The number of amides is 1. The third-order valence-electron chi connectivity index (χ3n) is 5.61. The molecule has 4 aromatic rings. The average Bonchev–Trinajstić information content (AvgIpc) is 3.28. The Morgan fingerprint density at radius 3 is 2.49 bits per heavy atom. The van der Waals surface area contributed by atoms with Gasteiger partial charge in [0.05, 0.1) is 14.2 Å². The van der Waals surface area contributed by atoms with E-state index in [0.29, 0.717) is 41.0 Å². The van der Waals surface area contributed by atoms with Crippen LogP contribution in [-0.4, -0.2) is 37.6 Å². The number of hydrogen-bond donors (Lipinski definition) is 3. The first kappa shape index (κ1) is 24.2. The van der Waals surface area contributed by atoms with Gasteiger partial charge in [-0.25, -0.2) is 0 Å². The summed E-state index contributed by atoms with van der Waals surface area (Å²) in [6, 6.07) is 18.6. The van der Waals surface area contributed by atoms with Gasteiger partial charge in [-0.2, -0.15) is 0 Å². The minimum atomic E-state index is -0.341. The van der Waals surface area contributed by atoms with Gasteiger partial charge >= 0.3 is 0 Å². The van der Waals surface area contributed by atoms with E-state index in [4.69, 9.17) is 21.1 Å². The van der Waals surface area contributed by atoms with Gasteiger partial charge in [0.15, 0.2) is 0 Å². The fourth-order valence-corrected chi connectivity index (χ4v) is 3.98. The second-order valence-electron chi connectivity index (χ2n) is 7.98. The van der Waals surface area contributed by atoms with Crippen LogP contribution >= 0.6 is 11.6 Å². The molecule has 0 unspecified atom stereocenters. The van der Waals surface area contributed by atoms with Gasteiger partial charge in [-0.1, -0.05) is 29.8 Å². The highest BCUT2D eigenvalue weighted by Gasteiger charge is 2.14. The molecule has 0 aliphatic carbocycles.